The lowest BCUT2D eigenvalue weighted by molar-refractivity contribution is 0.198. The van der Waals surface area contributed by atoms with Gasteiger partial charge >= 0.3 is 0 Å². The fourth-order valence-electron chi connectivity index (χ4n) is 2.93. The van der Waals surface area contributed by atoms with E-state index >= 15 is 0 Å². The average Bonchev–Trinajstić information content (AvgIpc) is 3.11. The minimum Gasteiger partial charge on any atom is -0.468 e. The summed E-state index contributed by atoms with van der Waals surface area (Å²) in [5.74, 6) is 1.01. The number of hydrogen-bond acceptors (Lipinski definition) is 4. The highest BCUT2D eigenvalue weighted by atomic mass is 32.1. The summed E-state index contributed by atoms with van der Waals surface area (Å²) in [4.78, 5) is 4.14. The van der Waals surface area contributed by atoms with E-state index in [1.165, 1.54) is 18.5 Å². The monoisotopic (exact) mass is 290 g/mol. The maximum Gasteiger partial charge on any atom is 0.120 e. The quantitative estimate of drug-likeness (QED) is 0.912. The summed E-state index contributed by atoms with van der Waals surface area (Å²) in [7, 11) is 0. The lowest BCUT2D eigenvalue weighted by Gasteiger charge is -2.33. The second-order valence-corrected chi connectivity index (χ2v) is 6.45. The van der Waals surface area contributed by atoms with E-state index in [1.807, 2.05) is 23.5 Å². The molecule has 0 fully saturated rings. The van der Waals surface area contributed by atoms with Crippen LogP contribution in [-0.4, -0.2) is 24.5 Å². The minimum absolute atomic E-state index is 0.279. The van der Waals surface area contributed by atoms with Gasteiger partial charge in [0, 0.05) is 30.6 Å². The summed E-state index contributed by atoms with van der Waals surface area (Å²) < 4.78 is 5.42. The number of rotatable bonds is 5. The van der Waals surface area contributed by atoms with Gasteiger partial charge in [0.2, 0.25) is 0 Å². The van der Waals surface area contributed by atoms with Crippen LogP contribution in [0.15, 0.2) is 34.3 Å². The van der Waals surface area contributed by atoms with Crippen LogP contribution in [-0.2, 0) is 6.42 Å². The molecule has 2 aromatic rings. The smallest absolute Gasteiger partial charge is 0.120 e. The van der Waals surface area contributed by atoms with Crippen LogP contribution in [0, 0.1) is 0 Å². The van der Waals surface area contributed by atoms with Crippen molar-refractivity contribution in [1.29, 1.82) is 0 Å². The Balaban J connectivity index is 1.50. The molecule has 0 spiro atoms. The average molecular weight is 290 g/mol. The number of nitrogens with one attached hydrogen (secondary N) is 1. The van der Waals surface area contributed by atoms with Gasteiger partial charge in [-0.1, -0.05) is 0 Å². The van der Waals surface area contributed by atoms with Gasteiger partial charge in [0.05, 0.1) is 12.3 Å². The first-order valence-corrected chi connectivity index (χ1v) is 8.21. The van der Waals surface area contributed by atoms with Crippen molar-refractivity contribution in [2.75, 3.05) is 19.6 Å². The Bertz CT molecular complexity index is 534. The molecule has 2 atom stereocenters. The maximum absolute atomic E-state index is 5.42. The standard InChI is InChI=1S/C16H22N2OS/c1-12(15-4-3-10-19-15)17-7-9-18-8-5-16-14(13(18)2)6-11-20-16/h3-4,6,10-13,17H,5,7-9H2,1-2H3. The topological polar surface area (TPSA) is 28.4 Å². The molecule has 0 saturated heterocycles. The van der Waals surface area contributed by atoms with E-state index in [1.54, 1.807) is 11.1 Å². The molecule has 1 N–H and O–H groups in total. The lowest BCUT2D eigenvalue weighted by atomic mass is 10.0. The van der Waals surface area contributed by atoms with Crippen molar-refractivity contribution in [3.8, 4) is 0 Å². The molecule has 0 saturated carbocycles. The molecule has 0 aromatic carbocycles. The Kier molecular flexibility index (Phi) is 4.24. The molecule has 0 radical (unpaired) electrons. The molecular formula is C16H22N2OS. The molecule has 0 aliphatic carbocycles. The van der Waals surface area contributed by atoms with E-state index in [0.717, 1.165) is 18.8 Å². The predicted octanol–water partition coefficient (Wildman–Crippen LogP) is 3.61. The molecule has 0 bridgehead atoms. The molecule has 3 nitrogen and oxygen atoms in total. The van der Waals surface area contributed by atoms with Gasteiger partial charge < -0.3 is 9.73 Å². The van der Waals surface area contributed by atoms with E-state index in [9.17, 15) is 0 Å². The zero-order valence-corrected chi connectivity index (χ0v) is 13.0. The van der Waals surface area contributed by atoms with Crippen LogP contribution >= 0.6 is 11.3 Å². The molecule has 3 rings (SSSR count). The van der Waals surface area contributed by atoms with Gasteiger partial charge in [0.25, 0.3) is 0 Å². The normalized spacial score (nSPS) is 20.8. The largest absolute Gasteiger partial charge is 0.468 e. The Hall–Kier alpha value is -1.10. The fourth-order valence-corrected chi connectivity index (χ4v) is 3.89. The number of thiophene rings is 1. The summed E-state index contributed by atoms with van der Waals surface area (Å²) in [6, 6.07) is 7.08. The lowest BCUT2D eigenvalue weighted by Crippen LogP contribution is -2.38. The second kappa shape index (κ2) is 6.12. The van der Waals surface area contributed by atoms with Crippen molar-refractivity contribution in [3.05, 3.63) is 46.0 Å². The van der Waals surface area contributed by atoms with Crippen molar-refractivity contribution in [2.24, 2.45) is 0 Å². The van der Waals surface area contributed by atoms with Crippen LogP contribution in [0.5, 0.6) is 0 Å². The van der Waals surface area contributed by atoms with Gasteiger partial charge in [0.1, 0.15) is 5.76 Å². The van der Waals surface area contributed by atoms with Crippen molar-refractivity contribution in [3.63, 3.8) is 0 Å². The van der Waals surface area contributed by atoms with Crippen LogP contribution in [0.4, 0.5) is 0 Å². The van der Waals surface area contributed by atoms with E-state index in [4.69, 9.17) is 4.42 Å². The van der Waals surface area contributed by atoms with Crippen LogP contribution in [0.25, 0.3) is 0 Å². The van der Waals surface area contributed by atoms with Gasteiger partial charge in [-0.15, -0.1) is 11.3 Å². The Morgan fingerprint density at radius 1 is 1.50 bits per heavy atom. The van der Waals surface area contributed by atoms with Gasteiger partial charge in [-0.3, -0.25) is 4.90 Å². The minimum atomic E-state index is 0.279. The molecule has 2 aromatic heterocycles. The van der Waals surface area contributed by atoms with E-state index in [0.29, 0.717) is 6.04 Å². The van der Waals surface area contributed by atoms with Gasteiger partial charge in [-0.05, 0) is 49.4 Å². The number of hydrogen-bond donors (Lipinski definition) is 1. The molecule has 0 amide bonds. The Morgan fingerprint density at radius 2 is 2.40 bits per heavy atom. The zero-order chi connectivity index (χ0) is 13.9. The maximum atomic E-state index is 5.42. The molecule has 20 heavy (non-hydrogen) atoms. The van der Waals surface area contributed by atoms with Crippen LogP contribution in [0.3, 0.4) is 0 Å². The second-order valence-electron chi connectivity index (χ2n) is 5.45. The molecular weight excluding hydrogens is 268 g/mol. The van der Waals surface area contributed by atoms with E-state index < -0.39 is 0 Å². The van der Waals surface area contributed by atoms with Crippen molar-refractivity contribution >= 4 is 11.3 Å². The third-order valence-electron chi connectivity index (χ3n) is 4.22. The molecule has 4 heteroatoms. The van der Waals surface area contributed by atoms with Crippen molar-refractivity contribution < 1.29 is 4.42 Å². The molecule has 1 aliphatic heterocycles. The summed E-state index contributed by atoms with van der Waals surface area (Å²) in [5, 5.41) is 5.76. The van der Waals surface area contributed by atoms with Crippen LogP contribution in [0.1, 0.15) is 42.1 Å². The van der Waals surface area contributed by atoms with Crippen LogP contribution < -0.4 is 5.32 Å². The van der Waals surface area contributed by atoms with Gasteiger partial charge in [-0.2, -0.15) is 0 Å². The number of fused-ring (bicyclic) bond motifs is 1. The summed E-state index contributed by atoms with van der Waals surface area (Å²) in [6.45, 7) is 7.72. The molecule has 1 aliphatic rings. The van der Waals surface area contributed by atoms with E-state index in [-0.39, 0.29) is 6.04 Å². The van der Waals surface area contributed by atoms with Crippen LogP contribution in [0.2, 0.25) is 0 Å². The first-order valence-electron chi connectivity index (χ1n) is 7.33. The fraction of sp³-hybridized carbons (Fsp3) is 0.500. The molecule has 2 unspecified atom stereocenters. The predicted molar refractivity (Wildman–Crippen MR) is 83.1 cm³/mol. The highest BCUT2D eigenvalue weighted by Gasteiger charge is 2.24. The molecule has 108 valence electrons. The van der Waals surface area contributed by atoms with Gasteiger partial charge in [-0.25, -0.2) is 0 Å². The Morgan fingerprint density at radius 3 is 3.20 bits per heavy atom. The molecule has 3 heterocycles. The van der Waals surface area contributed by atoms with E-state index in [2.05, 4.69) is 35.5 Å². The summed E-state index contributed by atoms with van der Waals surface area (Å²) in [5.41, 5.74) is 1.53. The van der Waals surface area contributed by atoms with Crippen molar-refractivity contribution in [2.45, 2.75) is 32.4 Å². The number of nitrogens with zero attached hydrogens (tertiary/aromatic N) is 1. The first-order chi connectivity index (χ1) is 9.75. The Labute approximate surface area is 124 Å². The van der Waals surface area contributed by atoms with Gasteiger partial charge in [0.15, 0.2) is 0 Å². The first kappa shape index (κ1) is 13.9. The van der Waals surface area contributed by atoms with Crippen molar-refractivity contribution in [1.82, 2.24) is 10.2 Å². The number of furan rings is 1. The third kappa shape index (κ3) is 2.82. The zero-order valence-electron chi connectivity index (χ0n) is 12.1. The summed E-state index contributed by atoms with van der Waals surface area (Å²) >= 11 is 1.90. The third-order valence-corrected chi connectivity index (χ3v) is 5.22. The highest BCUT2D eigenvalue weighted by Crippen LogP contribution is 2.32. The highest BCUT2D eigenvalue weighted by molar-refractivity contribution is 7.10. The summed E-state index contributed by atoms with van der Waals surface area (Å²) in [6.07, 6.45) is 2.93. The SMILES string of the molecule is CC(NCCN1CCc2sccc2C1C)c1ccco1.